The van der Waals surface area contributed by atoms with Crippen LogP contribution in [-0.4, -0.2) is 21.5 Å². The molecule has 0 saturated carbocycles. The third-order valence-electron chi connectivity index (χ3n) is 4.94. The van der Waals surface area contributed by atoms with Gasteiger partial charge in [0.25, 0.3) is 5.56 Å². The maximum Gasteiger partial charge on any atom is 0.254 e. The zero-order chi connectivity index (χ0) is 19.1. The molecule has 0 saturated heterocycles. The molecule has 136 valence electrons. The van der Waals surface area contributed by atoms with Gasteiger partial charge >= 0.3 is 0 Å². The number of nitrogens with one attached hydrogen (secondary N) is 1. The van der Waals surface area contributed by atoms with E-state index in [9.17, 15) is 10.1 Å². The fourth-order valence-corrected chi connectivity index (χ4v) is 4.32. The Bertz CT molecular complexity index is 1120. The number of anilines is 2. The number of thiophene rings is 1. The van der Waals surface area contributed by atoms with E-state index in [4.69, 9.17) is 5.73 Å². The Kier molecular flexibility index (Phi) is 4.16. The first kappa shape index (κ1) is 17.2. The topological polar surface area (TPSA) is 112 Å². The molecule has 3 N–H and O–H groups in total. The zero-order valence-corrected chi connectivity index (χ0v) is 15.9. The van der Waals surface area contributed by atoms with E-state index in [0.717, 1.165) is 34.8 Å². The first-order chi connectivity index (χ1) is 13.0. The maximum atomic E-state index is 12.0. The Balaban J connectivity index is 1.60. The van der Waals surface area contributed by atoms with E-state index in [1.54, 1.807) is 13.1 Å². The molecule has 0 fully saturated rings. The molecule has 3 aromatic rings. The molecule has 3 aromatic heterocycles. The lowest BCUT2D eigenvalue weighted by atomic mass is 10.0. The monoisotopic (exact) mass is 378 g/mol. The van der Waals surface area contributed by atoms with Crippen molar-refractivity contribution in [3.8, 4) is 17.5 Å². The minimum Gasteiger partial charge on any atom is -0.389 e. The minimum atomic E-state index is -0.131. The average Bonchev–Trinajstić information content (AvgIpc) is 2.99. The predicted octanol–water partition coefficient (Wildman–Crippen LogP) is 2.53. The van der Waals surface area contributed by atoms with Gasteiger partial charge in [0.1, 0.15) is 22.7 Å². The summed E-state index contributed by atoms with van der Waals surface area (Å²) in [5.41, 5.74) is 9.64. The van der Waals surface area contributed by atoms with E-state index >= 15 is 0 Å². The molecule has 0 amide bonds. The molecule has 0 aromatic carbocycles. The van der Waals surface area contributed by atoms with Crippen LogP contribution in [0.5, 0.6) is 0 Å². The van der Waals surface area contributed by atoms with Crippen LogP contribution in [0.4, 0.5) is 10.8 Å². The van der Waals surface area contributed by atoms with Crippen LogP contribution >= 0.6 is 11.3 Å². The van der Waals surface area contributed by atoms with Crippen molar-refractivity contribution in [2.45, 2.75) is 26.8 Å². The highest BCUT2D eigenvalue weighted by Gasteiger charge is 2.24. The van der Waals surface area contributed by atoms with Gasteiger partial charge in [-0.2, -0.15) is 5.26 Å². The molecule has 8 heteroatoms. The van der Waals surface area contributed by atoms with Crippen LogP contribution in [0.3, 0.4) is 0 Å². The lowest BCUT2D eigenvalue weighted by Crippen LogP contribution is -2.30. The first-order valence-electron chi connectivity index (χ1n) is 8.57. The number of aromatic amines is 1. The number of nitriles is 1. The van der Waals surface area contributed by atoms with Crippen LogP contribution in [0.1, 0.15) is 27.3 Å². The van der Waals surface area contributed by atoms with E-state index in [1.165, 1.54) is 11.3 Å². The van der Waals surface area contributed by atoms with Crippen LogP contribution in [0.15, 0.2) is 23.1 Å². The van der Waals surface area contributed by atoms with Crippen LogP contribution in [0.2, 0.25) is 0 Å². The standard InChI is InChI=1S/C19H18N6OS/c1-10-11(2)23-18(24-19(10)26)12-3-4-16(22-8-12)25-6-5-13-14(7-20)17(21)27-15(13)9-25/h3-4,8H,5-6,9,21H2,1-2H3,(H,23,24,26). The number of H-pyrrole nitrogens is 1. The highest BCUT2D eigenvalue weighted by molar-refractivity contribution is 7.16. The molecular weight excluding hydrogens is 360 g/mol. The van der Waals surface area contributed by atoms with Crippen molar-refractivity contribution in [1.82, 2.24) is 15.0 Å². The Morgan fingerprint density at radius 1 is 1.37 bits per heavy atom. The Hall–Kier alpha value is -3.18. The van der Waals surface area contributed by atoms with Crippen LogP contribution in [-0.2, 0) is 13.0 Å². The molecule has 4 rings (SSSR count). The number of nitrogens with two attached hydrogens (primary N) is 1. The van der Waals surface area contributed by atoms with Gasteiger partial charge in [-0.05, 0) is 38.0 Å². The molecule has 0 atom stereocenters. The van der Waals surface area contributed by atoms with Gasteiger partial charge < -0.3 is 15.6 Å². The summed E-state index contributed by atoms with van der Waals surface area (Å²) in [6.07, 6.45) is 2.50. The molecule has 0 unspecified atom stereocenters. The summed E-state index contributed by atoms with van der Waals surface area (Å²) in [6.45, 7) is 5.05. The SMILES string of the molecule is Cc1nc(-c2ccc(N3CCc4c(sc(N)c4C#N)C3)nc2)[nH]c(=O)c1C. The van der Waals surface area contributed by atoms with Gasteiger partial charge in [0.15, 0.2) is 0 Å². The number of rotatable bonds is 2. The number of fused-ring (bicyclic) bond motifs is 1. The number of hydrogen-bond acceptors (Lipinski definition) is 7. The molecule has 0 bridgehead atoms. The first-order valence-corrected chi connectivity index (χ1v) is 9.38. The summed E-state index contributed by atoms with van der Waals surface area (Å²) in [6, 6.07) is 6.05. The molecule has 0 aliphatic carbocycles. The predicted molar refractivity (Wildman–Crippen MR) is 106 cm³/mol. The van der Waals surface area contributed by atoms with Crippen molar-refractivity contribution in [2.75, 3.05) is 17.2 Å². The summed E-state index contributed by atoms with van der Waals surface area (Å²) < 4.78 is 0. The molecule has 1 aliphatic rings. The highest BCUT2D eigenvalue weighted by Crippen LogP contribution is 2.35. The minimum absolute atomic E-state index is 0.131. The smallest absolute Gasteiger partial charge is 0.254 e. The van der Waals surface area contributed by atoms with Crippen LogP contribution in [0, 0.1) is 25.2 Å². The molecule has 4 heterocycles. The second kappa shape index (κ2) is 6.52. The van der Waals surface area contributed by atoms with Crippen molar-refractivity contribution < 1.29 is 0 Å². The van der Waals surface area contributed by atoms with Crippen molar-refractivity contribution in [1.29, 1.82) is 5.26 Å². The summed E-state index contributed by atoms with van der Waals surface area (Å²) in [7, 11) is 0. The quantitative estimate of drug-likeness (QED) is 0.709. The van der Waals surface area contributed by atoms with E-state index in [1.807, 2.05) is 19.1 Å². The number of nitrogen functional groups attached to an aromatic ring is 1. The third kappa shape index (κ3) is 2.96. The Labute approximate surface area is 160 Å². The van der Waals surface area contributed by atoms with Gasteiger partial charge in [-0.1, -0.05) is 0 Å². The van der Waals surface area contributed by atoms with Crippen molar-refractivity contribution in [3.05, 3.63) is 55.9 Å². The molecule has 0 spiro atoms. The number of aromatic nitrogens is 3. The Morgan fingerprint density at radius 3 is 2.85 bits per heavy atom. The van der Waals surface area contributed by atoms with Crippen molar-refractivity contribution >= 4 is 22.2 Å². The molecule has 0 radical (unpaired) electrons. The van der Waals surface area contributed by atoms with E-state index in [2.05, 4.69) is 25.9 Å². The number of nitrogens with zero attached hydrogens (tertiary/aromatic N) is 4. The summed E-state index contributed by atoms with van der Waals surface area (Å²) in [4.78, 5) is 27.1. The zero-order valence-electron chi connectivity index (χ0n) is 15.0. The summed E-state index contributed by atoms with van der Waals surface area (Å²) >= 11 is 1.48. The highest BCUT2D eigenvalue weighted by atomic mass is 32.1. The van der Waals surface area contributed by atoms with Gasteiger partial charge in [-0.3, -0.25) is 4.79 Å². The lowest BCUT2D eigenvalue weighted by molar-refractivity contribution is 0.732. The van der Waals surface area contributed by atoms with Crippen LogP contribution in [0.25, 0.3) is 11.4 Å². The second-order valence-corrected chi connectivity index (χ2v) is 7.69. The van der Waals surface area contributed by atoms with E-state index < -0.39 is 0 Å². The van der Waals surface area contributed by atoms with E-state index in [0.29, 0.717) is 34.2 Å². The summed E-state index contributed by atoms with van der Waals surface area (Å²) in [5.74, 6) is 1.37. The summed E-state index contributed by atoms with van der Waals surface area (Å²) in [5, 5.41) is 9.86. The average molecular weight is 378 g/mol. The maximum absolute atomic E-state index is 12.0. The molecular formula is C19H18N6OS. The molecule has 1 aliphatic heterocycles. The van der Waals surface area contributed by atoms with Gasteiger partial charge in [-0.25, -0.2) is 9.97 Å². The van der Waals surface area contributed by atoms with E-state index in [-0.39, 0.29) is 5.56 Å². The van der Waals surface area contributed by atoms with Gasteiger partial charge in [0, 0.05) is 34.4 Å². The number of hydrogen-bond donors (Lipinski definition) is 2. The number of aryl methyl sites for hydroxylation is 1. The Morgan fingerprint density at radius 2 is 2.19 bits per heavy atom. The van der Waals surface area contributed by atoms with Gasteiger partial charge in [-0.15, -0.1) is 11.3 Å². The largest absolute Gasteiger partial charge is 0.389 e. The van der Waals surface area contributed by atoms with Crippen LogP contribution < -0.4 is 16.2 Å². The lowest BCUT2D eigenvalue weighted by Gasteiger charge is -2.28. The molecule has 7 nitrogen and oxygen atoms in total. The van der Waals surface area contributed by atoms with Gasteiger partial charge in [0.05, 0.1) is 12.1 Å². The fourth-order valence-electron chi connectivity index (χ4n) is 3.24. The normalized spacial score (nSPS) is 13.3. The van der Waals surface area contributed by atoms with Gasteiger partial charge in [0.2, 0.25) is 0 Å². The number of pyridine rings is 1. The fraction of sp³-hybridized carbons (Fsp3) is 0.263. The van der Waals surface area contributed by atoms with Crippen molar-refractivity contribution in [2.24, 2.45) is 0 Å². The van der Waals surface area contributed by atoms with Crippen molar-refractivity contribution in [3.63, 3.8) is 0 Å². The second-order valence-electron chi connectivity index (χ2n) is 6.56. The third-order valence-corrected chi connectivity index (χ3v) is 5.98. The molecule has 27 heavy (non-hydrogen) atoms.